The van der Waals surface area contributed by atoms with Gasteiger partial charge in [0.15, 0.2) is 0 Å². The van der Waals surface area contributed by atoms with E-state index in [-0.39, 0.29) is 0 Å². The smallest absolute Gasteiger partial charge is 0.114 e. The number of benzene rings is 4. The Labute approximate surface area is 359 Å². The van der Waals surface area contributed by atoms with Gasteiger partial charge in [0.05, 0.1) is 45.3 Å². The first kappa shape index (κ1) is 42.9. The number of nitriles is 2. The van der Waals surface area contributed by atoms with Gasteiger partial charge in [-0.3, -0.25) is 0 Å². The van der Waals surface area contributed by atoms with E-state index < -0.39 is 0 Å². The summed E-state index contributed by atoms with van der Waals surface area (Å²) in [7, 11) is 0. The maximum absolute atomic E-state index is 9.35. The predicted octanol–water partition coefficient (Wildman–Crippen LogP) is 14.0. The highest BCUT2D eigenvalue weighted by Gasteiger charge is 2.36. The molecule has 0 bridgehead atoms. The van der Waals surface area contributed by atoms with Gasteiger partial charge in [-0.25, -0.2) is 9.97 Å². The van der Waals surface area contributed by atoms with Crippen LogP contribution in [0.5, 0.6) is 0 Å². The van der Waals surface area contributed by atoms with Crippen molar-refractivity contribution in [3.63, 3.8) is 0 Å². The third kappa shape index (κ3) is 9.71. The third-order valence-electron chi connectivity index (χ3n) is 13.3. The Morgan fingerprint density at radius 3 is 1.25 bits per heavy atom. The summed E-state index contributed by atoms with van der Waals surface area (Å²) in [5, 5.41) is 18.7. The molecular weight excluding hydrogens is 733 g/mol. The van der Waals surface area contributed by atoms with Crippen LogP contribution in [-0.2, 0) is 12.8 Å². The van der Waals surface area contributed by atoms with Gasteiger partial charge in [-0.1, -0.05) is 118 Å². The number of aromatic nitrogens is 4. The molecule has 0 unspecified atom stereocenters. The fourth-order valence-electron chi connectivity index (χ4n) is 10.9. The minimum absolute atomic E-state index is 0.335. The van der Waals surface area contributed by atoms with Crippen molar-refractivity contribution in [3.8, 4) is 12.1 Å². The average molecular weight is 799 g/mol. The average Bonchev–Trinajstić information content (AvgIpc) is 3.73. The molecule has 6 heteroatoms. The van der Waals surface area contributed by atoms with Crippen LogP contribution >= 0.6 is 0 Å². The molecule has 6 nitrogen and oxygen atoms in total. The normalized spacial score (nSPS) is 21.1. The summed E-state index contributed by atoms with van der Waals surface area (Å²) in [5.41, 5.74) is 11.6. The van der Waals surface area contributed by atoms with Gasteiger partial charge < -0.3 is 9.13 Å². The van der Waals surface area contributed by atoms with Gasteiger partial charge in [0.2, 0.25) is 0 Å². The van der Waals surface area contributed by atoms with Gasteiger partial charge in [-0.15, -0.1) is 0 Å². The molecule has 0 N–H and O–H groups in total. The van der Waals surface area contributed by atoms with Crippen molar-refractivity contribution in [2.75, 3.05) is 0 Å². The summed E-state index contributed by atoms with van der Waals surface area (Å²) in [5.74, 6) is 4.72. The maximum Gasteiger partial charge on any atom is 0.114 e. The zero-order valence-corrected chi connectivity index (χ0v) is 37.9. The fourth-order valence-corrected chi connectivity index (χ4v) is 10.9. The fraction of sp³-hybridized carbons (Fsp3) is 0.481. The number of hydrogen-bond donors (Lipinski definition) is 0. The van der Waals surface area contributed by atoms with E-state index in [0.717, 1.165) is 46.6 Å². The Morgan fingerprint density at radius 2 is 0.933 bits per heavy atom. The Kier molecular flexibility index (Phi) is 12.5. The Balaban J connectivity index is 0.000000181. The van der Waals surface area contributed by atoms with Crippen LogP contribution in [0.15, 0.2) is 84.9 Å². The lowest BCUT2D eigenvalue weighted by Gasteiger charge is -2.40. The monoisotopic (exact) mass is 799 g/mol. The predicted molar refractivity (Wildman–Crippen MR) is 247 cm³/mol. The minimum Gasteiger partial charge on any atom is -0.325 e. The molecule has 8 rings (SSSR count). The second-order valence-electron chi connectivity index (χ2n) is 20.7. The number of fused-ring (bicyclic) bond motifs is 2. The van der Waals surface area contributed by atoms with Crippen LogP contribution in [0.2, 0.25) is 0 Å². The molecule has 2 saturated carbocycles. The van der Waals surface area contributed by atoms with E-state index in [9.17, 15) is 10.5 Å². The van der Waals surface area contributed by atoms with E-state index in [4.69, 9.17) is 9.97 Å². The molecule has 2 aliphatic rings. The van der Waals surface area contributed by atoms with E-state index in [1.165, 1.54) is 60.8 Å². The largest absolute Gasteiger partial charge is 0.325 e. The van der Waals surface area contributed by atoms with Crippen molar-refractivity contribution >= 4 is 22.1 Å². The van der Waals surface area contributed by atoms with Gasteiger partial charge in [0, 0.05) is 24.9 Å². The van der Waals surface area contributed by atoms with Crippen molar-refractivity contribution in [1.82, 2.24) is 19.1 Å². The lowest BCUT2D eigenvalue weighted by Crippen LogP contribution is -2.30. The molecule has 2 aliphatic carbocycles. The van der Waals surface area contributed by atoms with Crippen LogP contribution < -0.4 is 0 Å². The van der Waals surface area contributed by atoms with Crippen molar-refractivity contribution in [1.29, 1.82) is 10.5 Å². The Morgan fingerprint density at radius 1 is 0.567 bits per heavy atom. The summed E-state index contributed by atoms with van der Waals surface area (Å²) in [6.07, 6.45) is 8.91. The lowest BCUT2D eigenvalue weighted by molar-refractivity contribution is 0.137. The lowest BCUT2D eigenvalue weighted by atomic mass is 9.70. The zero-order valence-electron chi connectivity index (χ0n) is 37.9. The van der Waals surface area contributed by atoms with Crippen molar-refractivity contribution in [2.45, 2.75) is 145 Å². The summed E-state index contributed by atoms with van der Waals surface area (Å²) in [6.45, 7) is 23.3. The standard InChI is InChI=1S/2C27H33N3/c2*1-18(2)22-9-6-20(7-10-22)14-26-29-24-13-21(17-28)8-11-25(24)30(26)23-12-19(3)15-27(4,5)16-23/h2*6-11,13,18-19,23H,12,14-16H2,1-5H3/t2*19-,23+/m10/s1. The molecule has 2 aromatic heterocycles. The maximum atomic E-state index is 9.35. The molecule has 2 heterocycles. The number of rotatable bonds is 8. The molecule has 312 valence electrons. The first-order valence-corrected chi connectivity index (χ1v) is 22.5. The molecule has 60 heavy (non-hydrogen) atoms. The van der Waals surface area contributed by atoms with E-state index in [1.54, 1.807) is 0 Å². The molecule has 0 saturated heterocycles. The van der Waals surface area contributed by atoms with E-state index >= 15 is 0 Å². The molecule has 0 spiro atoms. The Bertz CT molecular complexity index is 2340. The molecular formula is C54H66N6. The summed E-state index contributed by atoms with van der Waals surface area (Å²) in [4.78, 5) is 10.1. The van der Waals surface area contributed by atoms with Gasteiger partial charge in [0.1, 0.15) is 11.6 Å². The van der Waals surface area contributed by atoms with Crippen LogP contribution in [0, 0.1) is 45.3 Å². The molecule has 4 aromatic carbocycles. The van der Waals surface area contributed by atoms with Crippen LogP contribution in [-0.4, -0.2) is 19.1 Å². The van der Waals surface area contributed by atoms with Crippen molar-refractivity contribution in [2.24, 2.45) is 22.7 Å². The molecule has 0 aliphatic heterocycles. The van der Waals surface area contributed by atoms with E-state index in [1.807, 2.05) is 24.3 Å². The van der Waals surface area contributed by atoms with Crippen LogP contribution in [0.1, 0.15) is 177 Å². The van der Waals surface area contributed by atoms with Crippen LogP contribution in [0.25, 0.3) is 22.1 Å². The molecule has 0 radical (unpaired) electrons. The van der Waals surface area contributed by atoms with E-state index in [2.05, 4.69) is 151 Å². The Hall–Kier alpha value is -5.20. The van der Waals surface area contributed by atoms with Crippen molar-refractivity contribution in [3.05, 3.63) is 130 Å². The van der Waals surface area contributed by atoms with Crippen LogP contribution in [0.4, 0.5) is 0 Å². The minimum atomic E-state index is 0.335. The SMILES string of the molecule is CC(C)c1ccc(Cc2nc3cc(C#N)ccc3n2[C@@H]2C[C@H](C)CC(C)(C)C2)cc1.CC(C)c1ccc(Cc2nc3cc(C#N)ccc3n2[C@H]2C[C@@H](C)CC(C)(C)C2)cc1. The van der Waals surface area contributed by atoms with Gasteiger partial charge in [-0.2, -0.15) is 10.5 Å². The summed E-state index contributed by atoms with van der Waals surface area (Å²) >= 11 is 0. The van der Waals surface area contributed by atoms with Gasteiger partial charge in [-0.05, 0) is 132 Å². The summed E-state index contributed by atoms with van der Waals surface area (Å²) in [6, 6.07) is 35.3. The van der Waals surface area contributed by atoms with Gasteiger partial charge in [0.25, 0.3) is 0 Å². The molecule has 6 aromatic rings. The van der Waals surface area contributed by atoms with E-state index in [0.29, 0.717) is 57.7 Å². The highest BCUT2D eigenvalue weighted by molar-refractivity contribution is 5.79. The molecule has 4 atom stereocenters. The van der Waals surface area contributed by atoms with Crippen LogP contribution in [0.3, 0.4) is 0 Å². The zero-order chi connectivity index (χ0) is 42.9. The van der Waals surface area contributed by atoms with Gasteiger partial charge >= 0.3 is 0 Å². The summed E-state index contributed by atoms with van der Waals surface area (Å²) < 4.78 is 4.98. The highest BCUT2D eigenvalue weighted by Crippen LogP contribution is 2.47. The topological polar surface area (TPSA) is 83.2 Å². The van der Waals surface area contributed by atoms with Crippen molar-refractivity contribution < 1.29 is 0 Å². The number of imidazole rings is 2. The second kappa shape index (κ2) is 17.4. The highest BCUT2D eigenvalue weighted by atomic mass is 15.1. The quantitative estimate of drug-likeness (QED) is 0.153. The number of hydrogen-bond acceptors (Lipinski definition) is 4. The molecule has 2 fully saturated rings. The first-order chi connectivity index (χ1) is 28.5. The second-order valence-corrected chi connectivity index (χ2v) is 20.7. The molecule has 0 amide bonds. The first-order valence-electron chi connectivity index (χ1n) is 22.5. The third-order valence-corrected chi connectivity index (χ3v) is 13.3. The number of nitrogens with zero attached hydrogens (tertiary/aromatic N) is 6.